The molecule has 1 heterocycles. The summed E-state index contributed by atoms with van der Waals surface area (Å²) in [7, 11) is -3.23. The quantitative estimate of drug-likeness (QED) is 0.748. The molecule has 0 spiro atoms. The molecule has 1 atom stereocenters. The van der Waals surface area contributed by atoms with Gasteiger partial charge in [-0.2, -0.15) is 0 Å². The van der Waals surface area contributed by atoms with Gasteiger partial charge in [0.15, 0.2) is 9.84 Å². The number of anilines is 1. The monoisotopic (exact) mass is 268 g/mol. The molecule has 2 amide bonds. The van der Waals surface area contributed by atoms with Crippen molar-refractivity contribution >= 4 is 27.3 Å². The van der Waals surface area contributed by atoms with Crippen molar-refractivity contribution < 1.29 is 18.0 Å². The fourth-order valence-electron chi connectivity index (χ4n) is 1.67. The van der Waals surface area contributed by atoms with E-state index in [4.69, 9.17) is 0 Å². The smallest absolute Gasteiger partial charge is 0.249 e. The van der Waals surface area contributed by atoms with Crippen LogP contribution in [0.3, 0.4) is 0 Å². The third kappa shape index (κ3) is 2.67. The molecule has 1 aromatic carbocycles. The van der Waals surface area contributed by atoms with Crippen molar-refractivity contribution in [3.05, 3.63) is 24.3 Å². The summed E-state index contributed by atoms with van der Waals surface area (Å²) in [5.74, 6) is -0.683. The molecule has 0 radical (unpaired) electrons. The van der Waals surface area contributed by atoms with Crippen molar-refractivity contribution in [1.82, 2.24) is 5.32 Å². The molecule has 6 nitrogen and oxygen atoms in total. The van der Waals surface area contributed by atoms with E-state index in [1.807, 2.05) is 0 Å². The van der Waals surface area contributed by atoms with Crippen LogP contribution in [-0.4, -0.2) is 32.5 Å². The Labute approximate surface area is 104 Å². The first-order chi connectivity index (χ1) is 8.36. The van der Waals surface area contributed by atoms with Gasteiger partial charge in [0.05, 0.1) is 11.3 Å². The third-order valence-electron chi connectivity index (χ3n) is 2.59. The summed E-state index contributed by atoms with van der Waals surface area (Å²) in [6.45, 7) is 0. The number of carbonyl (C=O) groups is 2. The molecule has 0 aliphatic carbocycles. The Balaban J connectivity index is 2.12. The summed E-state index contributed by atoms with van der Waals surface area (Å²) < 4.78 is 22.5. The number of benzene rings is 1. The standard InChI is InChI=1S/C11H12N2O4S/c1-18(16,17)8-4-2-7(3-5-8)12-9-6-10(14)13-11(9)15/h2-5,9,12H,6H2,1H3,(H,13,14,15). The van der Waals surface area contributed by atoms with Gasteiger partial charge < -0.3 is 5.32 Å². The molecule has 1 unspecified atom stereocenters. The second kappa shape index (κ2) is 4.41. The number of amides is 2. The van der Waals surface area contributed by atoms with Crippen LogP contribution in [0.5, 0.6) is 0 Å². The number of hydrogen-bond donors (Lipinski definition) is 2. The summed E-state index contributed by atoms with van der Waals surface area (Å²) in [5, 5.41) is 5.06. The lowest BCUT2D eigenvalue weighted by atomic mass is 10.2. The molecule has 0 aromatic heterocycles. The number of nitrogens with one attached hydrogen (secondary N) is 2. The van der Waals surface area contributed by atoms with E-state index in [0.29, 0.717) is 5.69 Å². The van der Waals surface area contributed by atoms with Gasteiger partial charge in [-0.1, -0.05) is 0 Å². The number of sulfone groups is 1. The van der Waals surface area contributed by atoms with Gasteiger partial charge in [0, 0.05) is 11.9 Å². The molecule has 96 valence electrons. The Hall–Kier alpha value is -1.89. The zero-order chi connectivity index (χ0) is 13.3. The lowest BCUT2D eigenvalue weighted by Crippen LogP contribution is -2.29. The lowest BCUT2D eigenvalue weighted by molar-refractivity contribution is -0.124. The van der Waals surface area contributed by atoms with Gasteiger partial charge in [-0.25, -0.2) is 8.42 Å². The van der Waals surface area contributed by atoms with Crippen LogP contribution < -0.4 is 10.6 Å². The van der Waals surface area contributed by atoms with Crippen LogP contribution in [0.4, 0.5) is 5.69 Å². The molecule has 1 aliphatic heterocycles. The predicted molar refractivity (Wildman–Crippen MR) is 64.7 cm³/mol. The molecule has 0 bridgehead atoms. The first-order valence-corrected chi connectivity index (χ1v) is 7.16. The maximum absolute atomic E-state index is 11.3. The second-order valence-corrected chi connectivity index (χ2v) is 6.13. The highest BCUT2D eigenvalue weighted by Gasteiger charge is 2.30. The molecule has 1 saturated heterocycles. The molecule has 2 N–H and O–H groups in total. The van der Waals surface area contributed by atoms with Crippen LogP contribution in [0, 0.1) is 0 Å². The molecule has 1 fully saturated rings. The number of hydrogen-bond acceptors (Lipinski definition) is 5. The highest BCUT2D eigenvalue weighted by atomic mass is 32.2. The summed E-state index contributed by atoms with van der Waals surface area (Å²) in [6.07, 6.45) is 1.21. The molecule has 0 saturated carbocycles. The molecule has 18 heavy (non-hydrogen) atoms. The van der Waals surface area contributed by atoms with Crippen LogP contribution in [0.25, 0.3) is 0 Å². The maximum Gasteiger partial charge on any atom is 0.249 e. The van der Waals surface area contributed by atoms with Gasteiger partial charge in [-0.15, -0.1) is 0 Å². The average Bonchev–Trinajstić information content (AvgIpc) is 2.57. The first kappa shape index (κ1) is 12.6. The van der Waals surface area contributed by atoms with E-state index in [1.165, 1.54) is 12.1 Å². The van der Waals surface area contributed by atoms with Crippen molar-refractivity contribution in [1.29, 1.82) is 0 Å². The van der Waals surface area contributed by atoms with E-state index in [1.54, 1.807) is 12.1 Å². The van der Waals surface area contributed by atoms with Gasteiger partial charge >= 0.3 is 0 Å². The first-order valence-electron chi connectivity index (χ1n) is 5.26. The van der Waals surface area contributed by atoms with Gasteiger partial charge in [0.25, 0.3) is 0 Å². The largest absolute Gasteiger partial charge is 0.373 e. The van der Waals surface area contributed by atoms with E-state index < -0.39 is 15.9 Å². The molecule has 7 heteroatoms. The Kier molecular flexibility index (Phi) is 3.08. The Morgan fingerprint density at radius 1 is 1.22 bits per heavy atom. The Morgan fingerprint density at radius 2 is 1.83 bits per heavy atom. The maximum atomic E-state index is 11.3. The Morgan fingerprint density at radius 3 is 2.28 bits per heavy atom. The summed E-state index contributed by atoms with van der Waals surface area (Å²) in [6, 6.07) is 5.43. The number of rotatable bonds is 3. The van der Waals surface area contributed by atoms with Crippen molar-refractivity contribution in [2.45, 2.75) is 17.4 Å². The van der Waals surface area contributed by atoms with E-state index in [2.05, 4.69) is 10.6 Å². The minimum Gasteiger partial charge on any atom is -0.373 e. The van der Waals surface area contributed by atoms with E-state index in [0.717, 1.165) is 6.26 Å². The fraction of sp³-hybridized carbons (Fsp3) is 0.273. The minimum atomic E-state index is -3.23. The van der Waals surface area contributed by atoms with Gasteiger partial charge in [0.1, 0.15) is 6.04 Å². The molecular formula is C11H12N2O4S. The summed E-state index contributed by atoms with van der Waals surface area (Å²) >= 11 is 0. The summed E-state index contributed by atoms with van der Waals surface area (Å²) in [5.41, 5.74) is 0.595. The zero-order valence-electron chi connectivity index (χ0n) is 9.64. The molecule has 2 rings (SSSR count). The zero-order valence-corrected chi connectivity index (χ0v) is 10.5. The topological polar surface area (TPSA) is 92.3 Å². The van der Waals surface area contributed by atoms with Crippen LogP contribution in [0.15, 0.2) is 29.2 Å². The summed E-state index contributed by atoms with van der Waals surface area (Å²) in [4.78, 5) is 22.5. The highest BCUT2D eigenvalue weighted by Crippen LogP contribution is 2.16. The van der Waals surface area contributed by atoms with Crippen LogP contribution in [0.2, 0.25) is 0 Å². The van der Waals surface area contributed by atoms with Crippen LogP contribution in [0.1, 0.15) is 6.42 Å². The van der Waals surface area contributed by atoms with Crippen molar-refractivity contribution in [3.63, 3.8) is 0 Å². The fourth-order valence-corrected chi connectivity index (χ4v) is 2.30. The van der Waals surface area contributed by atoms with Crippen LogP contribution in [-0.2, 0) is 19.4 Å². The third-order valence-corrected chi connectivity index (χ3v) is 3.72. The van der Waals surface area contributed by atoms with Crippen molar-refractivity contribution in [3.8, 4) is 0 Å². The van der Waals surface area contributed by atoms with Crippen molar-refractivity contribution in [2.24, 2.45) is 0 Å². The Bertz CT molecular complexity index is 592. The lowest BCUT2D eigenvalue weighted by Gasteiger charge is -2.10. The highest BCUT2D eigenvalue weighted by molar-refractivity contribution is 7.90. The van der Waals surface area contributed by atoms with E-state index >= 15 is 0 Å². The molecular weight excluding hydrogens is 256 g/mol. The molecule has 1 aliphatic rings. The number of carbonyl (C=O) groups excluding carboxylic acids is 2. The minimum absolute atomic E-state index is 0.0899. The van der Waals surface area contributed by atoms with Crippen LogP contribution >= 0.6 is 0 Å². The predicted octanol–water partition coefficient (Wildman–Crippen LogP) is -0.0829. The second-order valence-electron chi connectivity index (χ2n) is 4.11. The van der Waals surface area contributed by atoms with Gasteiger partial charge in [-0.3, -0.25) is 14.9 Å². The van der Waals surface area contributed by atoms with Gasteiger partial charge in [0.2, 0.25) is 11.8 Å². The molecule has 1 aromatic rings. The normalized spacial score (nSPS) is 19.7. The average molecular weight is 268 g/mol. The SMILES string of the molecule is CS(=O)(=O)c1ccc(NC2CC(=O)NC2=O)cc1. The van der Waals surface area contributed by atoms with E-state index in [-0.39, 0.29) is 23.1 Å². The number of imide groups is 1. The van der Waals surface area contributed by atoms with Gasteiger partial charge in [-0.05, 0) is 24.3 Å². The van der Waals surface area contributed by atoms with E-state index in [9.17, 15) is 18.0 Å². The van der Waals surface area contributed by atoms with Crippen molar-refractivity contribution in [2.75, 3.05) is 11.6 Å².